The first-order valence-electron chi connectivity index (χ1n) is 15.6. The van der Waals surface area contributed by atoms with Crippen molar-refractivity contribution in [2.24, 2.45) is 11.8 Å². The third-order valence-corrected chi connectivity index (χ3v) is 10.7. The van der Waals surface area contributed by atoms with Crippen molar-refractivity contribution in [3.8, 4) is 0 Å². The molecule has 1 aromatic carbocycles. The molecule has 4 heterocycles. The van der Waals surface area contributed by atoms with Crippen LogP contribution < -0.4 is 0 Å². The number of hydrogen-bond acceptors (Lipinski definition) is 4. The minimum absolute atomic E-state index is 0. The smallest absolute Gasteiger partial charge is 0.320 e. The summed E-state index contributed by atoms with van der Waals surface area (Å²) in [5.41, 5.74) is 1.31. The lowest BCUT2D eigenvalue weighted by Crippen LogP contribution is -2.60. The fourth-order valence-corrected chi connectivity index (χ4v) is 9.05. The Morgan fingerprint density at radius 3 is 2.33 bits per heavy atom. The molecule has 2 bridgehead atoms. The molecule has 40 heavy (non-hydrogen) atoms. The van der Waals surface area contributed by atoms with E-state index in [9.17, 15) is 9.59 Å². The molecule has 4 atom stereocenters. The van der Waals surface area contributed by atoms with Crippen LogP contribution in [0.25, 0.3) is 0 Å². The highest BCUT2D eigenvalue weighted by Gasteiger charge is 2.58. The summed E-state index contributed by atoms with van der Waals surface area (Å²) in [5.74, 6) is 1.51. The second-order valence-corrected chi connectivity index (χ2v) is 13.4. The zero-order valence-electron chi connectivity index (χ0n) is 24.7. The summed E-state index contributed by atoms with van der Waals surface area (Å²) in [6.45, 7) is 9.24. The minimum atomic E-state index is -0.0691. The van der Waals surface area contributed by atoms with Crippen molar-refractivity contribution in [3.05, 3.63) is 35.9 Å². The molecule has 7 nitrogen and oxygen atoms in total. The fourth-order valence-electron chi connectivity index (χ4n) is 9.05. The van der Waals surface area contributed by atoms with Crippen molar-refractivity contribution in [1.82, 2.24) is 19.6 Å². The lowest BCUT2D eigenvalue weighted by Gasteiger charge is -2.50. The number of rotatable bonds is 8. The number of amides is 3. The van der Waals surface area contributed by atoms with E-state index in [4.69, 9.17) is 4.74 Å². The first-order chi connectivity index (χ1) is 18.9. The molecule has 4 saturated heterocycles. The summed E-state index contributed by atoms with van der Waals surface area (Å²) in [6.07, 6.45) is 9.10. The Balaban J connectivity index is 0.00000323. The standard InChI is InChI=1S/C32H48N4O3.ClH/c1-23(2)36-31(38)33(15-16-39-3)22-32(36)17-27-13-14-28(18-32)35(27)20-26-19-34(30(37)25-11-7-8-12-25)21-29(26)24-9-5-4-6-10-24;/h4-6,9-10,23,25-29H,7-8,11-22H2,1-3H3;1H/t26-,27?,28?,29-,32?;/m1./s1. The maximum Gasteiger partial charge on any atom is 0.320 e. The van der Waals surface area contributed by atoms with Crippen LogP contribution in [0.15, 0.2) is 30.3 Å². The number of ether oxygens (including phenoxy) is 1. The van der Waals surface area contributed by atoms with Gasteiger partial charge in [0.05, 0.1) is 12.1 Å². The number of piperidine rings is 1. The highest BCUT2D eigenvalue weighted by molar-refractivity contribution is 5.85. The van der Waals surface area contributed by atoms with E-state index in [1.165, 1.54) is 31.2 Å². The largest absolute Gasteiger partial charge is 0.383 e. The summed E-state index contributed by atoms with van der Waals surface area (Å²) in [4.78, 5) is 36.2. The molecule has 3 amide bonds. The van der Waals surface area contributed by atoms with Crippen LogP contribution in [-0.2, 0) is 9.53 Å². The third kappa shape index (κ3) is 5.38. The topological polar surface area (TPSA) is 56.3 Å². The van der Waals surface area contributed by atoms with Gasteiger partial charge in [0.15, 0.2) is 0 Å². The molecule has 8 heteroatoms. The Bertz CT molecular complexity index is 1020. The number of carbonyl (C=O) groups is 2. The van der Waals surface area contributed by atoms with Gasteiger partial charge in [-0.2, -0.15) is 0 Å². The van der Waals surface area contributed by atoms with Crippen LogP contribution in [0.5, 0.6) is 0 Å². The predicted molar refractivity (Wildman–Crippen MR) is 160 cm³/mol. The van der Waals surface area contributed by atoms with Gasteiger partial charge < -0.3 is 19.4 Å². The van der Waals surface area contributed by atoms with Crippen molar-refractivity contribution in [3.63, 3.8) is 0 Å². The molecule has 222 valence electrons. The van der Waals surface area contributed by atoms with Crippen LogP contribution in [0.2, 0.25) is 0 Å². The van der Waals surface area contributed by atoms with Crippen molar-refractivity contribution in [2.45, 2.75) is 94.8 Å². The lowest BCUT2D eigenvalue weighted by atomic mass is 9.80. The summed E-state index contributed by atoms with van der Waals surface area (Å²) < 4.78 is 5.33. The zero-order chi connectivity index (χ0) is 27.1. The molecule has 5 fully saturated rings. The van der Waals surface area contributed by atoms with E-state index >= 15 is 0 Å². The minimum Gasteiger partial charge on any atom is -0.383 e. The van der Waals surface area contributed by atoms with Gasteiger partial charge in [-0.25, -0.2) is 4.79 Å². The molecule has 1 spiro atoms. The normalized spacial score (nSPS) is 32.6. The van der Waals surface area contributed by atoms with E-state index in [0.717, 1.165) is 51.9 Å². The highest BCUT2D eigenvalue weighted by Crippen LogP contribution is 2.48. The summed E-state index contributed by atoms with van der Waals surface area (Å²) in [5, 5.41) is 0. The average Bonchev–Trinajstić information content (AvgIpc) is 3.70. The molecular weight excluding hydrogens is 524 g/mol. The van der Waals surface area contributed by atoms with E-state index < -0.39 is 0 Å². The second kappa shape index (κ2) is 12.2. The van der Waals surface area contributed by atoms with Gasteiger partial charge in [0.25, 0.3) is 0 Å². The highest BCUT2D eigenvalue weighted by atomic mass is 35.5. The van der Waals surface area contributed by atoms with Gasteiger partial charge in [-0.3, -0.25) is 9.69 Å². The van der Waals surface area contributed by atoms with Gasteiger partial charge in [0.2, 0.25) is 5.91 Å². The fraction of sp³-hybridized carbons (Fsp3) is 0.750. The maximum atomic E-state index is 13.5. The van der Waals surface area contributed by atoms with Crippen LogP contribution in [0.3, 0.4) is 0 Å². The summed E-state index contributed by atoms with van der Waals surface area (Å²) in [7, 11) is 1.71. The van der Waals surface area contributed by atoms with E-state index in [1.54, 1.807) is 7.11 Å². The molecule has 6 rings (SSSR count). The predicted octanol–water partition coefficient (Wildman–Crippen LogP) is 5.00. The number of halogens is 1. The number of carbonyl (C=O) groups excluding carboxylic acids is 2. The first kappa shape index (κ1) is 29.7. The van der Waals surface area contributed by atoms with Crippen LogP contribution in [0, 0.1) is 11.8 Å². The number of benzene rings is 1. The number of fused-ring (bicyclic) bond motifs is 2. The molecule has 5 aliphatic rings. The van der Waals surface area contributed by atoms with Crippen molar-refractivity contribution in [2.75, 3.05) is 46.4 Å². The van der Waals surface area contributed by atoms with Crippen molar-refractivity contribution in [1.29, 1.82) is 0 Å². The third-order valence-electron chi connectivity index (χ3n) is 10.7. The van der Waals surface area contributed by atoms with E-state index in [-0.39, 0.29) is 35.9 Å². The van der Waals surface area contributed by atoms with E-state index in [1.807, 2.05) is 4.90 Å². The van der Waals surface area contributed by atoms with Crippen LogP contribution in [-0.4, -0.2) is 102 Å². The second-order valence-electron chi connectivity index (χ2n) is 13.4. The summed E-state index contributed by atoms with van der Waals surface area (Å²) >= 11 is 0. The average molecular weight is 573 g/mol. The van der Waals surface area contributed by atoms with Gasteiger partial charge in [-0.05, 0) is 63.9 Å². The number of methoxy groups -OCH3 is 1. The van der Waals surface area contributed by atoms with Crippen LogP contribution >= 0.6 is 12.4 Å². The van der Waals surface area contributed by atoms with Gasteiger partial charge in [-0.15, -0.1) is 12.4 Å². The first-order valence-corrected chi connectivity index (χ1v) is 15.6. The number of nitrogens with zero attached hydrogens (tertiary/aromatic N) is 4. The van der Waals surface area contributed by atoms with Crippen molar-refractivity contribution < 1.29 is 14.3 Å². The number of hydrogen-bond donors (Lipinski definition) is 0. The molecule has 2 unspecified atom stereocenters. The number of urea groups is 1. The Morgan fingerprint density at radius 1 is 1.02 bits per heavy atom. The quantitative estimate of drug-likeness (QED) is 0.440. The molecule has 1 aromatic rings. The molecule has 0 aromatic heterocycles. The monoisotopic (exact) mass is 572 g/mol. The van der Waals surface area contributed by atoms with Crippen molar-refractivity contribution >= 4 is 24.3 Å². The molecular formula is C32H49ClN4O3. The van der Waals surface area contributed by atoms with Gasteiger partial charge in [0.1, 0.15) is 0 Å². The Labute approximate surface area is 247 Å². The zero-order valence-corrected chi connectivity index (χ0v) is 25.5. The molecule has 1 aliphatic carbocycles. The Hall–Kier alpha value is -1.83. The SMILES string of the molecule is COCCN1CC2(CC3CCC(C2)N3C[C@H]2CN(C(=O)C3CCCC3)C[C@@H]2c2ccccc2)N(C(C)C)C1=O.Cl. The van der Waals surface area contributed by atoms with Gasteiger partial charge in [-0.1, -0.05) is 43.2 Å². The lowest BCUT2D eigenvalue weighted by molar-refractivity contribution is -0.134. The molecule has 0 radical (unpaired) electrons. The Morgan fingerprint density at radius 2 is 1.70 bits per heavy atom. The molecule has 0 N–H and O–H groups in total. The Kier molecular flexibility index (Phi) is 9.03. The molecule has 1 saturated carbocycles. The van der Waals surface area contributed by atoms with E-state index in [2.05, 4.69) is 58.9 Å². The maximum absolute atomic E-state index is 13.5. The van der Waals surface area contributed by atoms with Gasteiger partial charge >= 0.3 is 6.03 Å². The van der Waals surface area contributed by atoms with Crippen LogP contribution in [0.4, 0.5) is 4.79 Å². The van der Waals surface area contributed by atoms with Crippen LogP contribution in [0.1, 0.15) is 76.7 Å². The number of likely N-dealkylation sites (tertiary alicyclic amines) is 1. The molecule has 4 aliphatic heterocycles. The summed E-state index contributed by atoms with van der Waals surface area (Å²) in [6, 6.07) is 12.3. The van der Waals surface area contributed by atoms with E-state index in [0.29, 0.717) is 43.0 Å². The van der Waals surface area contributed by atoms with Gasteiger partial charge in [0, 0.05) is 69.8 Å².